The normalized spacial score (nSPS) is 12.8. The Morgan fingerprint density at radius 1 is 1.00 bits per heavy atom. The number of nitrogens with zero attached hydrogens (tertiary/aromatic N) is 2. The molecule has 8 heteroatoms. The number of hydrogen-bond donors (Lipinski definition) is 1. The third-order valence-corrected chi connectivity index (χ3v) is 4.52. The molecule has 0 saturated heterocycles. The van der Waals surface area contributed by atoms with Gasteiger partial charge in [0.2, 0.25) is 0 Å². The zero-order chi connectivity index (χ0) is 20.1. The second-order valence-electron chi connectivity index (χ2n) is 6.21. The van der Waals surface area contributed by atoms with Crippen molar-refractivity contribution in [2.45, 2.75) is 18.6 Å². The average molecular weight is 426 g/mol. The van der Waals surface area contributed by atoms with Crippen LogP contribution < -0.4 is 5.32 Å². The summed E-state index contributed by atoms with van der Waals surface area (Å²) in [6, 6.07) is 11.5. The molecule has 146 valence electrons. The molecule has 0 amide bonds. The highest BCUT2D eigenvalue weighted by Gasteiger charge is 2.29. The van der Waals surface area contributed by atoms with E-state index in [9.17, 15) is 13.2 Å². The molecule has 0 bridgehead atoms. The van der Waals surface area contributed by atoms with E-state index in [-0.39, 0.29) is 6.42 Å². The Kier molecular flexibility index (Phi) is 6.54. The lowest BCUT2D eigenvalue weighted by atomic mass is 9.96. The number of halogens is 5. The van der Waals surface area contributed by atoms with Crippen molar-refractivity contribution < 1.29 is 13.2 Å². The predicted octanol–water partition coefficient (Wildman–Crippen LogP) is 5.89. The summed E-state index contributed by atoms with van der Waals surface area (Å²) >= 11 is 12.2. The molecular weight excluding hydrogens is 410 g/mol. The highest BCUT2D eigenvalue weighted by molar-refractivity contribution is 6.35. The van der Waals surface area contributed by atoms with Gasteiger partial charge < -0.3 is 5.32 Å². The zero-order valence-corrected chi connectivity index (χ0v) is 16.1. The SMILES string of the molecule is FC(F)(F)CNC(Cc1cccnc1-c1cc(Cl)cc(Cl)c1)c1cccnc1. The highest BCUT2D eigenvalue weighted by Crippen LogP contribution is 2.30. The monoisotopic (exact) mass is 425 g/mol. The summed E-state index contributed by atoms with van der Waals surface area (Å²) < 4.78 is 38.4. The maximum absolute atomic E-state index is 12.8. The van der Waals surface area contributed by atoms with Gasteiger partial charge in [0.15, 0.2) is 0 Å². The standard InChI is InChI=1S/C20H16Cl2F3N3/c21-16-7-15(8-17(22)10-16)19-13(3-2-6-27-19)9-18(28-12-20(23,24)25)14-4-1-5-26-11-14/h1-8,10-11,18,28H,9,12H2. The Morgan fingerprint density at radius 2 is 1.71 bits per heavy atom. The van der Waals surface area contributed by atoms with Gasteiger partial charge in [0.05, 0.1) is 12.2 Å². The number of benzene rings is 1. The molecule has 2 heterocycles. The quantitative estimate of drug-likeness (QED) is 0.535. The van der Waals surface area contributed by atoms with Crippen LogP contribution in [0, 0.1) is 0 Å². The molecule has 1 unspecified atom stereocenters. The molecule has 0 spiro atoms. The van der Waals surface area contributed by atoms with Crippen LogP contribution in [0.1, 0.15) is 17.2 Å². The van der Waals surface area contributed by atoms with Crippen molar-refractivity contribution in [3.8, 4) is 11.3 Å². The Labute approximate surface area is 170 Å². The number of pyridine rings is 2. The van der Waals surface area contributed by atoms with Crippen LogP contribution >= 0.6 is 23.2 Å². The van der Waals surface area contributed by atoms with Crippen LogP contribution in [0.4, 0.5) is 13.2 Å². The molecule has 1 N–H and O–H groups in total. The largest absolute Gasteiger partial charge is 0.401 e. The van der Waals surface area contributed by atoms with Crippen LogP contribution in [0.2, 0.25) is 10.0 Å². The van der Waals surface area contributed by atoms with Gasteiger partial charge in [0.1, 0.15) is 0 Å². The number of nitrogens with one attached hydrogen (secondary N) is 1. The van der Waals surface area contributed by atoms with Gasteiger partial charge in [-0.05, 0) is 47.9 Å². The van der Waals surface area contributed by atoms with Crippen LogP contribution in [0.5, 0.6) is 0 Å². The molecule has 28 heavy (non-hydrogen) atoms. The van der Waals surface area contributed by atoms with E-state index in [0.717, 1.165) is 5.56 Å². The number of aromatic nitrogens is 2. The number of rotatable bonds is 6. The maximum Gasteiger partial charge on any atom is 0.401 e. The highest BCUT2D eigenvalue weighted by atomic mass is 35.5. The van der Waals surface area contributed by atoms with E-state index < -0.39 is 18.8 Å². The fourth-order valence-corrected chi connectivity index (χ4v) is 3.43. The molecule has 0 saturated carbocycles. The van der Waals surface area contributed by atoms with Gasteiger partial charge in [-0.3, -0.25) is 9.97 Å². The van der Waals surface area contributed by atoms with Gasteiger partial charge in [-0.2, -0.15) is 13.2 Å². The lowest BCUT2D eigenvalue weighted by molar-refractivity contribution is -0.126. The summed E-state index contributed by atoms with van der Waals surface area (Å²) in [6.45, 7) is -1.11. The van der Waals surface area contributed by atoms with Gasteiger partial charge in [-0.25, -0.2) is 0 Å². The Morgan fingerprint density at radius 3 is 2.36 bits per heavy atom. The van der Waals surface area contributed by atoms with Crippen LogP contribution in [0.15, 0.2) is 61.1 Å². The van der Waals surface area contributed by atoms with E-state index in [1.165, 1.54) is 0 Å². The van der Waals surface area contributed by atoms with Crippen LogP contribution in [0.3, 0.4) is 0 Å². The van der Waals surface area contributed by atoms with E-state index >= 15 is 0 Å². The Bertz CT molecular complexity index is 913. The summed E-state index contributed by atoms with van der Waals surface area (Å²) in [5.74, 6) is 0. The van der Waals surface area contributed by atoms with E-state index in [1.807, 2.05) is 6.07 Å². The third kappa shape index (κ3) is 5.67. The summed E-state index contributed by atoms with van der Waals surface area (Å²) in [5.41, 5.74) is 2.75. The first-order valence-corrected chi connectivity index (χ1v) is 9.18. The smallest absolute Gasteiger partial charge is 0.301 e. The summed E-state index contributed by atoms with van der Waals surface area (Å²) in [4.78, 5) is 8.43. The van der Waals surface area contributed by atoms with E-state index in [1.54, 1.807) is 55.0 Å². The molecule has 3 rings (SSSR count). The van der Waals surface area contributed by atoms with Crippen LogP contribution in [-0.4, -0.2) is 22.7 Å². The summed E-state index contributed by atoms with van der Waals surface area (Å²) in [7, 11) is 0. The number of hydrogen-bond acceptors (Lipinski definition) is 3. The average Bonchev–Trinajstić information content (AvgIpc) is 2.64. The van der Waals surface area contributed by atoms with Gasteiger partial charge >= 0.3 is 6.18 Å². The van der Waals surface area contributed by atoms with Crippen molar-refractivity contribution in [2.24, 2.45) is 0 Å². The Hall–Kier alpha value is -2.15. The molecule has 0 fully saturated rings. The lowest BCUT2D eigenvalue weighted by Crippen LogP contribution is -2.33. The van der Waals surface area contributed by atoms with Crippen molar-refractivity contribution >= 4 is 23.2 Å². The second-order valence-corrected chi connectivity index (χ2v) is 7.08. The van der Waals surface area contributed by atoms with E-state index in [0.29, 0.717) is 26.9 Å². The predicted molar refractivity (Wildman–Crippen MR) is 104 cm³/mol. The minimum absolute atomic E-state index is 0.287. The van der Waals surface area contributed by atoms with Gasteiger partial charge in [0, 0.05) is 40.2 Å². The fourth-order valence-electron chi connectivity index (χ4n) is 2.90. The summed E-state index contributed by atoms with van der Waals surface area (Å²) in [6.07, 6.45) is 0.720. The minimum Gasteiger partial charge on any atom is -0.301 e. The van der Waals surface area contributed by atoms with Gasteiger partial charge in [0.25, 0.3) is 0 Å². The molecule has 1 atom stereocenters. The molecule has 0 aliphatic heterocycles. The number of alkyl halides is 3. The zero-order valence-electron chi connectivity index (χ0n) is 14.5. The van der Waals surface area contributed by atoms with Gasteiger partial charge in [-0.1, -0.05) is 35.3 Å². The van der Waals surface area contributed by atoms with E-state index in [4.69, 9.17) is 23.2 Å². The minimum atomic E-state index is -4.32. The topological polar surface area (TPSA) is 37.8 Å². The molecule has 3 aromatic rings. The molecule has 2 aromatic heterocycles. The van der Waals surface area contributed by atoms with Gasteiger partial charge in [-0.15, -0.1) is 0 Å². The third-order valence-electron chi connectivity index (χ3n) is 4.09. The molecule has 3 nitrogen and oxygen atoms in total. The van der Waals surface area contributed by atoms with Crippen molar-refractivity contribution in [3.63, 3.8) is 0 Å². The lowest BCUT2D eigenvalue weighted by Gasteiger charge is -2.21. The van der Waals surface area contributed by atoms with E-state index in [2.05, 4.69) is 15.3 Å². The molecule has 1 aromatic carbocycles. The van der Waals surface area contributed by atoms with Crippen LogP contribution in [0.25, 0.3) is 11.3 Å². The molecule has 0 aliphatic carbocycles. The van der Waals surface area contributed by atoms with Crippen molar-refractivity contribution in [2.75, 3.05) is 6.54 Å². The second kappa shape index (κ2) is 8.90. The maximum atomic E-state index is 12.8. The first-order chi connectivity index (χ1) is 13.3. The summed E-state index contributed by atoms with van der Waals surface area (Å²) in [5, 5.41) is 3.49. The first kappa shape index (κ1) is 20.6. The Balaban J connectivity index is 1.95. The molecular formula is C20H16Cl2F3N3. The molecule has 0 radical (unpaired) electrons. The fraction of sp³-hybridized carbons (Fsp3) is 0.200. The van der Waals surface area contributed by atoms with Crippen molar-refractivity contribution in [1.82, 2.24) is 15.3 Å². The molecule has 0 aliphatic rings. The first-order valence-electron chi connectivity index (χ1n) is 8.42. The van der Waals surface area contributed by atoms with Crippen LogP contribution in [-0.2, 0) is 6.42 Å². The van der Waals surface area contributed by atoms with Crippen molar-refractivity contribution in [3.05, 3.63) is 82.2 Å². The van der Waals surface area contributed by atoms with Crippen molar-refractivity contribution in [1.29, 1.82) is 0 Å².